The predicted molar refractivity (Wildman–Crippen MR) is 100 cm³/mol. The average Bonchev–Trinajstić information content (AvgIpc) is 3.25. The molecule has 4 unspecified atom stereocenters. The van der Waals surface area contributed by atoms with Crippen LogP contribution in [-0.4, -0.2) is 48.1 Å². The van der Waals surface area contributed by atoms with E-state index in [0.717, 1.165) is 19.5 Å². The van der Waals surface area contributed by atoms with E-state index in [-0.39, 0.29) is 23.7 Å². The van der Waals surface area contributed by atoms with Gasteiger partial charge in [0, 0.05) is 31.9 Å². The summed E-state index contributed by atoms with van der Waals surface area (Å²) in [5.74, 6) is -1.58. The fourth-order valence-corrected chi connectivity index (χ4v) is 4.95. The van der Waals surface area contributed by atoms with E-state index < -0.39 is 11.9 Å². The first kappa shape index (κ1) is 17.1. The number of amides is 1. The highest BCUT2D eigenvalue weighted by Gasteiger charge is 2.52. The van der Waals surface area contributed by atoms with Crippen LogP contribution in [0, 0.1) is 37.5 Å². The number of aliphatic carboxylic acids is 1. The number of carboxylic acids is 1. The maximum atomic E-state index is 13.1. The van der Waals surface area contributed by atoms with Gasteiger partial charge in [-0.1, -0.05) is 24.3 Å². The smallest absolute Gasteiger partial charge is 0.307 e. The fourth-order valence-electron chi connectivity index (χ4n) is 4.95. The van der Waals surface area contributed by atoms with Crippen molar-refractivity contribution in [1.82, 2.24) is 4.90 Å². The largest absolute Gasteiger partial charge is 0.481 e. The first-order chi connectivity index (χ1) is 12.5. The van der Waals surface area contributed by atoms with E-state index in [4.69, 9.17) is 0 Å². The maximum absolute atomic E-state index is 13.1. The zero-order valence-corrected chi connectivity index (χ0v) is 15.4. The SMILES string of the molecule is Cc1cccc(N2CCN(C(=O)C3C4C=CC(C4)C3C(=O)O)CC2)c1C. The lowest BCUT2D eigenvalue weighted by atomic mass is 9.82. The van der Waals surface area contributed by atoms with Gasteiger partial charge in [-0.3, -0.25) is 9.59 Å². The lowest BCUT2D eigenvalue weighted by molar-refractivity contribution is -0.151. The number of carboxylic acid groups (broad SMARTS) is 1. The van der Waals surface area contributed by atoms with E-state index in [1.807, 2.05) is 11.0 Å². The molecule has 1 saturated heterocycles. The van der Waals surface area contributed by atoms with E-state index >= 15 is 0 Å². The Labute approximate surface area is 154 Å². The van der Waals surface area contributed by atoms with E-state index in [9.17, 15) is 14.7 Å². The second-order valence-corrected chi connectivity index (χ2v) is 7.87. The molecule has 1 amide bonds. The molecule has 1 aliphatic heterocycles. The van der Waals surface area contributed by atoms with Gasteiger partial charge in [-0.05, 0) is 49.3 Å². The Bertz CT molecular complexity index is 765. The van der Waals surface area contributed by atoms with E-state index in [2.05, 4.69) is 43.0 Å². The third kappa shape index (κ3) is 2.70. The Hall–Kier alpha value is -2.30. The second-order valence-electron chi connectivity index (χ2n) is 7.87. The van der Waals surface area contributed by atoms with E-state index in [1.54, 1.807) is 0 Å². The van der Waals surface area contributed by atoms with Crippen LogP contribution >= 0.6 is 0 Å². The van der Waals surface area contributed by atoms with E-state index in [1.165, 1.54) is 16.8 Å². The number of rotatable bonds is 3. The predicted octanol–water partition coefficient (Wildman–Crippen LogP) is 2.47. The molecule has 4 atom stereocenters. The molecule has 1 heterocycles. The van der Waals surface area contributed by atoms with Crippen molar-refractivity contribution in [3.05, 3.63) is 41.5 Å². The average molecular weight is 354 g/mol. The molecule has 1 aromatic carbocycles. The van der Waals surface area contributed by atoms with Gasteiger partial charge in [-0.25, -0.2) is 0 Å². The molecule has 3 aliphatic rings. The van der Waals surface area contributed by atoms with Crippen molar-refractivity contribution in [3.63, 3.8) is 0 Å². The summed E-state index contributed by atoms with van der Waals surface area (Å²) in [5, 5.41) is 9.59. The number of anilines is 1. The van der Waals surface area contributed by atoms with Crippen molar-refractivity contribution in [2.75, 3.05) is 31.1 Å². The number of fused-ring (bicyclic) bond motifs is 2. The first-order valence-electron chi connectivity index (χ1n) is 9.48. The van der Waals surface area contributed by atoms with Gasteiger partial charge in [0.25, 0.3) is 0 Å². The summed E-state index contributed by atoms with van der Waals surface area (Å²) in [4.78, 5) is 29.0. The minimum Gasteiger partial charge on any atom is -0.481 e. The van der Waals surface area contributed by atoms with Crippen molar-refractivity contribution in [3.8, 4) is 0 Å². The second kappa shape index (κ2) is 6.45. The van der Waals surface area contributed by atoms with Crippen LogP contribution < -0.4 is 4.90 Å². The van der Waals surface area contributed by atoms with Gasteiger partial charge >= 0.3 is 5.97 Å². The number of benzene rings is 1. The minimum absolute atomic E-state index is 0.0303. The van der Waals surface area contributed by atoms with Crippen molar-refractivity contribution < 1.29 is 14.7 Å². The maximum Gasteiger partial charge on any atom is 0.307 e. The molecule has 1 aromatic rings. The summed E-state index contributed by atoms with van der Waals surface area (Å²) in [6, 6.07) is 6.34. The molecule has 2 bridgehead atoms. The quantitative estimate of drug-likeness (QED) is 0.847. The van der Waals surface area contributed by atoms with Gasteiger partial charge in [-0.2, -0.15) is 0 Å². The Morgan fingerprint density at radius 3 is 2.31 bits per heavy atom. The first-order valence-corrected chi connectivity index (χ1v) is 9.48. The zero-order valence-electron chi connectivity index (χ0n) is 15.4. The summed E-state index contributed by atoms with van der Waals surface area (Å²) in [5.41, 5.74) is 3.80. The Morgan fingerprint density at radius 2 is 1.65 bits per heavy atom. The molecular weight excluding hydrogens is 328 g/mol. The van der Waals surface area contributed by atoms with Gasteiger partial charge < -0.3 is 14.9 Å². The third-order valence-electron chi connectivity index (χ3n) is 6.54. The summed E-state index contributed by atoms with van der Waals surface area (Å²) in [6.07, 6.45) is 4.86. The van der Waals surface area contributed by atoms with Crippen LogP contribution in [0.4, 0.5) is 5.69 Å². The molecule has 138 valence electrons. The third-order valence-corrected chi connectivity index (χ3v) is 6.54. The summed E-state index contributed by atoms with van der Waals surface area (Å²) in [6.45, 7) is 7.18. The highest BCUT2D eigenvalue weighted by molar-refractivity contribution is 5.87. The number of piperazine rings is 1. The molecule has 1 N–H and O–H groups in total. The Balaban J connectivity index is 1.45. The highest BCUT2D eigenvalue weighted by atomic mass is 16.4. The monoisotopic (exact) mass is 354 g/mol. The molecule has 5 nitrogen and oxygen atoms in total. The molecule has 2 fully saturated rings. The molecule has 0 spiro atoms. The van der Waals surface area contributed by atoms with Crippen LogP contribution in [0.3, 0.4) is 0 Å². The summed E-state index contributed by atoms with van der Waals surface area (Å²) in [7, 11) is 0. The standard InChI is InChI=1S/C21H26N2O3/c1-13-4-3-5-17(14(13)2)22-8-10-23(11-9-22)20(24)18-15-6-7-16(12-15)19(18)21(25)26/h3-7,15-16,18-19H,8-12H2,1-2H3,(H,25,26). The number of carbonyl (C=O) groups excluding carboxylic acids is 1. The molecule has 2 aliphatic carbocycles. The van der Waals surface area contributed by atoms with Gasteiger partial charge in [-0.15, -0.1) is 0 Å². The minimum atomic E-state index is -0.825. The normalized spacial score (nSPS) is 30.1. The van der Waals surface area contributed by atoms with Gasteiger partial charge in [0.15, 0.2) is 0 Å². The lowest BCUT2D eigenvalue weighted by Gasteiger charge is -2.39. The number of aryl methyl sites for hydroxylation is 1. The topological polar surface area (TPSA) is 60.9 Å². The fraction of sp³-hybridized carbons (Fsp3) is 0.524. The van der Waals surface area contributed by atoms with Crippen LogP contribution in [0.5, 0.6) is 0 Å². The van der Waals surface area contributed by atoms with Crippen molar-refractivity contribution in [2.24, 2.45) is 23.7 Å². The summed E-state index contributed by atoms with van der Waals surface area (Å²) >= 11 is 0. The van der Waals surface area contributed by atoms with Crippen LogP contribution in [0.15, 0.2) is 30.4 Å². The van der Waals surface area contributed by atoms with Gasteiger partial charge in [0.1, 0.15) is 0 Å². The van der Waals surface area contributed by atoms with Crippen LogP contribution in [0.25, 0.3) is 0 Å². The Kier molecular flexibility index (Phi) is 4.25. The molecule has 5 heteroatoms. The number of carbonyl (C=O) groups is 2. The zero-order chi connectivity index (χ0) is 18.4. The van der Waals surface area contributed by atoms with Crippen LogP contribution in [-0.2, 0) is 9.59 Å². The molecule has 0 radical (unpaired) electrons. The van der Waals surface area contributed by atoms with Gasteiger partial charge in [0.05, 0.1) is 11.8 Å². The highest BCUT2D eigenvalue weighted by Crippen LogP contribution is 2.48. The number of allylic oxidation sites excluding steroid dienone is 2. The molecule has 0 aromatic heterocycles. The Morgan fingerprint density at radius 1 is 1.00 bits per heavy atom. The van der Waals surface area contributed by atoms with Crippen LogP contribution in [0.2, 0.25) is 0 Å². The summed E-state index contributed by atoms with van der Waals surface area (Å²) < 4.78 is 0. The molecule has 1 saturated carbocycles. The van der Waals surface area contributed by atoms with Gasteiger partial charge in [0.2, 0.25) is 5.91 Å². The van der Waals surface area contributed by atoms with E-state index in [0.29, 0.717) is 13.1 Å². The number of hydrogen-bond acceptors (Lipinski definition) is 3. The molecule has 26 heavy (non-hydrogen) atoms. The lowest BCUT2D eigenvalue weighted by Crippen LogP contribution is -2.52. The van der Waals surface area contributed by atoms with Crippen LogP contribution in [0.1, 0.15) is 17.5 Å². The van der Waals surface area contributed by atoms with Crippen molar-refractivity contribution >= 4 is 17.6 Å². The van der Waals surface area contributed by atoms with Crippen molar-refractivity contribution in [1.29, 1.82) is 0 Å². The number of hydrogen-bond donors (Lipinski definition) is 1. The van der Waals surface area contributed by atoms with Crippen molar-refractivity contribution in [2.45, 2.75) is 20.3 Å². The molecule has 4 rings (SSSR count). The number of nitrogens with zero attached hydrogens (tertiary/aromatic N) is 2. The molecular formula is C21H26N2O3.